The van der Waals surface area contributed by atoms with Gasteiger partial charge in [-0.2, -0.15) is 0 Å². The van der Waals surface area contributed by atoms with E-state index in [-0.39, 0.29) is 5.92 Å². The lowest BCUT2D eigenvalue weighted by atomic mass is 9.90. The highest BCUT2D eigenvalue weighted by Gasteiger charge is 2.14. The second-order valence-electron chi connectivity index (χ2n) is 4.38. The van der Waals surface area contributed by atoms with Crippen molar-refractivity contribution in [2.24, 2.45) is 0 Å². The van der Waals surface area contributed by atoms with Crippen LogP contribution in [0, 0.1) is 6.92 Å². The van der Waals surface area contributed by atoms with Gasteiger partial charge in [0.15, 0.2) is 0 Å². The van der Waals surface area contributed by atoms with E-state index in [9.17, 15) is 0 Å². The van der Waals surface area contributed by atoms with E-state index in [1.807, 2.05) is 25.1 Å². The van der Waals surface area contributed by atoms with Crippen molar-refractivity contribution >= 4 is 39.1 Å². The summed E-state index contributed by atoms with van der Waals surface area (Å²) in [5.41, 5.74) is 3.50. The Balaban J connectivity index is 2.49. The standard InChI is InChI=1S/C15H13BrCl2/c1-9(11-4-3-5-12(16)6-11)14-7-13(17)8-15(18)10(14)2/h3-9H,1-2H3/t9-/m0/s1. The average molecular weight is 344 g/mol. The molecule has 0 N–H and O–H groups in total. The third kappa shape index (κ3) is 2.90. The molecular weight excluding hydrogens is 331 g/mol. The highest BCUT2D eigenvalue weighted by molar-refractivity contribution is 9.10. The Kier molecular flexibility index (Phi) is 4.37. The molecule has 0 bridgehead atoms. The molecule has 2 aromatic carbocycles. The molecule has 0 fully saturated rings. The van der Waals surface area contributed by atoms with Crippen molar-refractivity contribution in [2.75, 3.05) is 0 Å². The number of halogens is 3. The zero-order valence-corrected chi connectivity index (χ0v) is 13.3. The highest BCUT2D eigenvalue weighted by Crippen LogP contribution is 2.33. The first-order valence-corrected chi connectivity index (χ1v) is 7.25. The molecular formula is C15H13BrCl2. The molecule has 0 aliphatic carbocycles. The minimum atomic E-state index is 0.263. The van der Waals surface area contributed by atoms with E-state index in [2.05, 4.69) is 35.0 Å². The Hall–Kier alpha value is -0.500. The number of hydrogen-bond donors (Lipinski definition) is 0. The molecule has 0 unspecified atom stereocenters. The summed E-state index contributed by atoms with van der Waals surface area (Å²) in [6.45, 7) is 4.19. The van der Waals surface area contributed by atoms with Gasteiger partial charge in [0, 0.05) is 20.4 Å². The third-order valence-corrected chi connectivity index (χ3v) is 4.27. The van der Waals surface area contributed by atoms with E-state index in [0.717, 1.165) is 15.1 Å². The summed E-state index contributed by atoms with van der Waals surface area (Å²) < 4.78 is 1.08. The van der Waals surface area contributed by atoms with E-state index < -0.39 is 0 Å². The molecule has 2 aromatic rings. The average Bonchev–Trinajstić information content (AvgIpc) is 2.33. The van der Waals surface area contributed by atoms with Gasteiger partial charge in [0.1, 0.15) is 0 Å². The minimum absolute atomic E-state index is 0.263. The largest absolute Gasteiger partial charge is 0.0843 e. The molecule has 0 radical (unpaired) electrons. The molecule has 0 saturated carbocycles. The fraction of sp³-hybridized carbons (Fsp3) is 0.200. The van der Waals surface area contributed by atoms with Crippen LogP contribution in [0.25, 0.3) is 0 Å². The Morgan fingerprint density at radius 1 is 1.11 bits per heavy atom. The van der Waals surface area contributed by atoms with E-state index in [1.54, 1.807) is 6.07 Å². The first-order chi connectivity index (χ1) is 8.49. The summed E-state index contributed by atoms with van der Waals surface area (Å²) in [5.74, 6) is 0.263. The molecule has 1 atom stereocenters. The van der Waals surface area contributed by atoms with Gasteiger partial charge in [-0.25, -0.2) is 0 Å². The van der Waals surface area contributed by atoms with Crippen LogP contribution in [-0.4, -0.2) is 0 Å². The van der Waals surface area contributed by atoms with Gasteiger partial charge in [0.05, 0.1) is 0 Å². The number of rotatable bonds is 2. The molecule has 0 saturated heterocycles. The van der Waals surface area contributed by atoms with Crippen molar-refractivity contribution in [3.8, 4) is 0 Å². The smallest absolute Gasteiger partial charge is 0.0452 e. The van der Waals surface area contributed by atoms with Gasteiger partial charge in [0.2, 0.25) is 0 Å². The molecule has 0 spiro atoms. The maximum absolute atomic E-state index is 6.19. The van der Waals surface area contributed by atoms with Gasteiger partial charge < -0.3 is 0 Å². The van der Waals surface area contributed by atoms with E-state index in [0.29, 0.717) is 5.02 Å². The monoisotopic (exact) mass is 342 g/mol. The van der Waals surface area contributed by atoms with Crippen LogP contribution in [0.3, 0.4) is 0 Å². The van der Waals surface area contributed by atoms with Gasteiger partial charge in [-0.1, -0.05) is 58.2 Å². The SMILES string of the molecule is Cc1c(Cl)cc(Cl)cc1[C@@H](C)c1cccc(Br)c1. The van der Waals surface area contributed by atoms with Gasteiger partial charge in [-0.05, 0) is 47.9 Å². The van der Waals surface area contributed by atoms with E-state index in [1.165, 1.54) is 11.1 Å². The maximum Gasteiger partial charge on any atom is 0.0452 e. The summed E-state index contributed by atoms with van der Waals surface area (Å²) in [7, 11) is 0. The Morgan fingerprint density at radius 3 is 2.50 bits per heavy atom. The maximum atomic E-state index is 6.19. The fourth-order valence-corrected chi connectivity index (χ4v) is 3.00. The van der Waals surface area contributed by atoms with E-state index in [4.69, 9.17) is 23.2 Å². The van der Waals surface area contributed by atoms with Crippen LogP contribution in [-0.2, 0) is 0 Å². The molecule has 94 valence electrons. The fourth-order valence-electron chi connectivity index (χ4n) is 2.07. The quantitative estimate of drug-likeness (QED) is 0.607. The van der Waals surface area contributed by atoms with Crippen LogP contribution in [0.4, 0.5) is 0 Å². The lowest BCUT2D eigenvalue weighted by Gasteiger charge is -2.17. The van der Waals surface area contributed by atoms with Gasteiger partial charge in [-0.3, -0.25) is 0 Å². The van der Waals surface area contributed by atoms with Crippen LogP contribution in [0.15, 0.2) is 40.9 Å². The van der Waals surface area contributed by atoms with Crippen LogP contribution in [0.2, 0.25) is 10.0 Å². The normalized spacial score (nSPS) is 12.5. The van der Waals surface area contributed by atoms with Crippen molar-refractivity contribution in [1.29, 1.82) is 0 Å². The van der Waals surface area contributed by atoms with Crippen LogP contribution in [0.5, 0.6) is 0 Å². The summed E-state index contributed by atoms with van der Waals surface area (Å²) in [6, 6.07) is 12.1. The van der Waals surface area contributed by atoms with Gasteiger partial charge in [-0.15, -0.1) is 0 Å². The molecule has 0 aromatic heterocycles. The summed E-state index contributed by atoms with van der Waals surface area (Å²) in [4.78, 5) is 0. The first-order valence-electron chi connectivity index (χ1n) is 5.70. The first kappa shape index (κ1) is 13.9. The second kappa shape index (κ2) is 5.64. The summed E-state index contributed by atoms with van der Waals surface area (Å²) in [5, 5.41) is 1.40. The predicted octanol–water partition coefficient (Wildman–Crippen LogP) is 6.22. The molecule has 0 amide bonds. The highest BCUT2D eigenvalue weighted by atomic mass is 79.9. The van der Waals surface area contributed by atoms with Gasteiger partial charge >= 0.3 is 0 Å². The Labute approximate surface area is 126 Å². The topological polar surface area (TPSA) is 0 Å². The van der Waals surface area contributed by atoms with Crippen molar-refractivity contribution in [2.45, 2.75) is 19.8 Å². The van der Waals surface area contributed by atoms with Gasteiger partial charge in [0.25, 0.3) is 0 Å². The molecule has 18 heavy (non-hydrogen) atoms. The minimum Gasteiger partial charge on any atom is -0.0843 e. The summed E-state index contributed by atoms with van der Waals surface area (Å²) >= 11 is 15.8. The van der Waals surface area contributed by atoms with Crippen LogP contribution in [0.1, 0.15) is 29.5 Å². The van der Waals surface area contributed by atoms with Crippen molar-refractivity contribution in [1.82, 2.24) is 0 Å². The second-order valence-corrected chi connectivity index (χ2v) is 6.14. The number of benzene rings is 2. The van der Waals surface area contributed by atoms with Crippen LogP contribution < -0.4 is 0 Å². The Bertz CT molecular complexity index is 579. The third-order valence-electron chi connectivity index (χ3n) is 3.16. The number of hydrogen-bond acceptors (Lipinski definition) is 0. The van der Waals surface area contributed by atoms with Crippen LogP contribution >= 0.6 is 39.1 Å². The summed E-state index contributed by atoms with van der Waals surface area (Å²) in [6.07, 6.45) is 0. The lowest BCUT2D eigenvalue weighted by molar-refractivity contribution is 0.909. The zero-order valence-electron chi connectivity index (χ0n) is 10.2. The molecule has 0 heterocycles. The molecule has 3 heteroatoms. The van der Waals surface area contributed by atoms with Crippen molar-refractivity contribution < 1.29 is 0 Å². The molecule has 0 aliphatic rings. The van der Waals surface area contributed by atoms with Crippen molar-refractivity contribution in [3.63, 3.8) is 0 Å². The van der Waals surface area contributed by atoms with Crippen molar-refractivity contribution in [3.05, 3.63) is 67.6 Å². The Morgan fingerprint density at radius 2 is 1.83 bits per heavy atom. The predicted molar refractivity (Wildman–Crippen MR) is 82.9 cm³/mol. The lowest BCUT2D eigenvalue weighted by Crippen LogP contribution is -1.99. The molecule has 0 aliphatic heterocycles. The molecule has 2 rings (SSSR count). The van der Waals surface area contributed by atoms with E-state index >= 15 is 0 Å². The molecule has 0 nitrogen and oxygen atoms in total. The zero-order chi connectivity index (χ0) is 13.3.